The molecule has 1 aliphatic heterocycles. The van der Waals surface area contributed by atoms with E-state index in [1.165, 1.54) is 17.2 Å². The maximum Gasteiger partial charge on any atom is 0.257 e. The minimum absolute atomic E-state index is 0.0552. The second kappa shape index (κ2) is 4.60. The number of hydrogen-bond donors (Lipinski definition) is 0. The molecule has 1 aromatic heterocycles. The van der Waals surface area contributed by atoms with Crippen LogP contribution in [-0.4, -0.2) is 52.3 Å². The summed E-state index contributed by atoms with van der Waals surface area (Å²) in [5.41, 5.74) is -1.03. The van der Waals surface area contributed by atoms with Crippen LogP contribution in [0.25, 0.3) is 0 Å². The van der Waals surface area contributed by atoms with E-state index < -0.39 is 17.3 Å². The van der Waals surface area contributed by atoms with Gasteiger partial charge in [-0.2, -0.15) is 0 Å². The van der Waals surface area contributed by atoms with Gasteiger partial charge in [0.2, 0.25) is 5.91 Å². The highest BCUT2D eigenvalue weighted by Gasteiger charge is 2.43. The minimum atomic E-state index is -0.972. The Kier molecular flexibility index (Phi) is 3.26. The van der Waals surface area contributed by atoms with Crippen LogP contribution in [-0.2, 0) is 4.79 Å². The lowest BCUT2D eigenvalue weighted by Gasteiger charge is -2.44. The van der Waals surface area contributed by atoms with Crippen LogP contribution in [0, 0.1) is 5.82 Å². The van der Waals surface area contributed by atoms with Crippen LogP contribution in [0.5, 0.6) is 0 Å². The van der Waals surface area contributed by atoms with Crippen molar-refractivity contribution in [1.29, 1.82) is 0 Å². The highest BCUT2D eigenvalue weighted by Crippen LogP contribution is 2.24. The van der Waals surface area contributed by atoms with Crippen LogP contribution in [0.4, 0.5) is 4.39 Å². The first-order chi connectivity index (χ1) is 8.85. The van der Waals surface area contributed by atoms with Gasteiger partial charge >= 0.3 is 0 Å². The molecule has 1 fully saturated rings. The van der Waals surface area contributed by atoms with Gasteiger partial charge in [0.05, 0.1) is 11.8 Å². The summed E-state index contributed by atoms with van der Waals surface area (Å²) in [5.74, 6) is -1.30. The zero-order valence-corrected chi connectivity index (χ0v) is 11.2. The number of aromatic nitrogens is 1. The second-order valence-electron chi connectivity index (χ2n) is 5.10. The van der Waals surface area contributed by atoms with Crippen molar-refractivity contribution in [2.45, 2.75) is 19.4 Å². The van der Waals surface area contributed by atoms with E-state index in [0.29, 0.717) is 13.1 Å². The molecule has 2 rings (SSSR count). The first-order valence-electron chi connectivity index (χ1n) is 6.02. The highest BCUT2D eigenvalue weighted by atomic mass is 19.1. The van der Waals surface area contributed by atoms with Crippen molar-refractivity contribution < 1.29 is 14.0 Å². The third-order valence-electron chi connectivity index (χ3n) is 3.45. The summed E-state index contributed by atoms with van der Waals surface area (Å²) in [5, 5.41) is 0. The van der Waals surface area contributed by atoms with E-state index in [4.69, 9.17) is 0 Å². The summed E-state index contributed by atoms with van der Waals surface area (Å²) in [6, 6.07) is 1.33. The molecule has 0 saturated carbocycles. The van der Waals surface area contributed by atoms with Gasteiger partial charge in [-0.3, -0.25) is 14.6 Å². The van der Waals surface area contributed by atoms with Gasteiger partial charge in [-0.15, -0.1) is 0 Å². The highest BCUT2D eigenvalue weighted by molar-refractivity contribution is 5.99. The van der Waals surface area contributed by atoms with Crippen molar-refractivity contribution in [3.05, 3.63) is 29.8 Å². The summed E-state index contributed by atoms with van der Waals surface area (Å²) in [6.07, 6.45) is 2.36. The van der Waals surface area contributed by atoms with Crippen molar-refractivity contribution >= 4 is 11.8 Å². The summed E-state index contributed by atoms with van der Waals surface area (Å²) >= 11 is 0. The van der Waals surface area contributed by atoms with Gasteiger partial charge in [0.1, 0.15) is 5.54 Å². The average molecular weight is 265 g/mol. The molecule has 102 valence electrons. The zero-order valence-electron chi connectivity index (χ0n) is 11.2. The number of nitrogens with zero attached hydrogens (tertiary/aromatic N) is 3. The van der Waals surface area contributed by atoms with Crippen molar-refractivity contribution in [2.75, 3.05) is 20.1 Å². The Morgan fingerprint density at radius 1 is 1.42 bits per heavy atom. The van der Waals surface area contributed by atoms with Crippen LogP contribution in [0.2, 0.25) is 0 Å². The fourth-order valence-electron chi connectivity index (χ4n) is 2.26. The van der Waals surface area contributed by atoms with E-state index in [-0.39, 0.29) is 11.5 Å². The Morgan fingerprint density at radius 3 is 2.74 bits per heavy atom. The van der Waals surface area contributed by atoms with Crippen LogP contribution < -0.4 is 0 Å². The molecule has 0 aliphatic carbocycles. The largest absolute Gasteiger partial charge is 0.342 e. The van der Waals surface area contributed by atoms with Gasteiger partial charge in [-0.05, 0) is 19.9 Å². The number of piperazine rings is 1. The first kappa shape index (κ1) is 13.5. The number of rotatable bonds is 1. The molecule has 0 atom stereocenters. The summed E-state index contributed by atoms with van der Waals surface area (Å²) in [4.78, 5) is 31.1. The van der Waals surface area contributed by atoms with Gasteiger partial charge in [-0.1, -0.05) is 0 Å². The molecule has 0 aromatic carbocycles. The van der Waals surface area contributed by atoms with E-state index in [1.54, 1.807) is 25.8 Å². The third kappa shape index (κ3) is 2.18. The standard InChI is InChI=1S/C13H16FN3O2/c1-13(2)12(19)16(3)6-7-17(13)11(18)9-4-5-15-8-10(9)14/h4-5,8H,6-7H2,1-3H3. The molecule has 0 spiro atoms. The van der Waals surface area contributed by atoms with Gasteiger partial charge in [0, 0.05) is 26.3 Å². The Bertz CT molecular complexity index is 530. The normalized spacial score (nSPS) is 18.6. The molecule has 0 bridgehead atoms. The van der Waals surface area contributed by atoms with E-state index in [1.807, 2.05) is 0 Å². The van der Waals surface area contributed by atoms with Crippen molar-refractivity contribution in [2.24, 2.45) is 0 Å². The number of pyridine rings is 1. The molecule has 1 aliphatic rings. The maximum absolute atomic E-state index is 13.6. The van der Waals surface area contributed by atoms with E-state index in [9.17, 15) is 14.0 Å². The third-order valence-corrected chi connectivity index (χ3v) is 3.45. The average Bonchev–Trinajstić information content (AvgIpc) is 2.36. The lowest BCUT2D eigenvalue weighted by molar-refractivity contribution is -0.144. The Balaban J connectivity index is 2.34. The van der Waals surface area contributed by atoms with Crippen molar-refractivity contribution in [3.8, 4) is 0 Å². The first-order valence-corrected chi connectivity index (χ1v) is 6.02. The molecule has 2 amide bonds. The number of amides is 2. The van der Waals surface area contributed by atoms with Crippen molar-refractivity contribution in [1.82, 2.24) is 14.8 Å². The maximum atomic E-state index is 13.6. The fourth-order valence-corrected chi connectivity index (χ4v) is 2.26. The lowest BCUT2D eigenvalue weighted by atomic mass is 9.96. The molecule has 19 heavy (non-hydrogen) atoms. The molecule has 2 heterocycles. The van der Waals surface area contributed by atoms with Crippen LogP contribution in [0.3, 0.4) is 0 Å². The van der Waals surface area contributed by atoms with Crippen LogP contribution >= 0.6 is 0 Å². The van der Waals surface area contributed by atoms with Gasteiger partial charge in [-0.25, -0.2) is 4.39 Å². The number of carbonyl (C=O) groups excluding carboxylic acids is 2. The molecule has 0 radical (unpaired) electrons. The van der Waals surface area contributed by atoms with E-state index in [0.717, 1.165) is 6.20 Å². The molecule has 0 unspecified atom stereocenters. The predicted octanol–water partition coefficient (Wildman–Crippen LogP) is 0.913. The Labute approximate surface area is 111 Å². The van der Waals surface area contributed by atoms with Crippen LogP contribution in [0.1, 0.15) is 24.2 Å². The number of hydrogen-bond acceptors (Lipinski definition) is 3. The fraction of sp³-hybridized carbons (Fsp3) is 0.462. The SMILES string of the molecule is CN1CCN(C(=O)c2ccncc2F)C(C)(C)C1=O. The zero-order chi connectivity index (χ0) is 14.2. The molecule has 1 aromatic rings. The van der Waals surface area contributed by atoms with Gasteiger partial charge in [0.15, 0.2) is 5.82 Å². The molecule has 0 N–H and O–H groups in total. The molecule has 5 nitrogen and oxygen atoms in total. The molecule has 1 saturated heterocycles. The smallest absolute Gasteiger partial charge is 0.257 e. The Morgan fingerprint density at radius 2 is 2.11 bits per heavy atom. The number of carbonyl (C=O) groups is 2. The molecular weight excluding hydrogens is 249 g/mol. The van der Waals surface area contributed by atoms with Crippen LogP contribution in [0.15, 0.2) is 18.5 Å². The van der Waals surface area contributed by atoms with E-state index >= 15 is 0 Å². The van der Waals surface area contributed by atoms with Gasteiger partial charge < -0.3 is 9.80 Å². The lowest BCUT2D eigenvalue weighted by Crippen LogP contribution is -2.63. The summed E-state index contributed by atoms with van der Waals surface area (Å²) in [6.45, 7) is 4.17. The van der Waals surface area contributed by atoms with Crippen molar-refractivity contribution in [3.63, 3.8) is 0 Å². The quantitative estimate of drug-likeness (QED) is 0.758. The summed E-state index contributed by atoms with van der Waals surface area (Å²) in [7, 11) is 1.69. The monoisotopic (exact) mass is 265 g/mol. The molecular formula is C13H16FN3O2. The van der Waals surface area contributed by atoms with E-state index in [2.05, 4.69) is 4.98 Å². The minimum Gasteiger partial charge on any atom is -0.342 e. The predicted molar refractivity (Wildman–Crippen MR) is 66.9 cm³/mol. The number of likely N-dealkylation sites (N-methyl/N-ethyl adjacent to an activating group) is 1. The topological polar surface area (TPSA) is 53.5 Å². The molecule has 6 heteroatoms. The van der Waals surface area contributed by atoms with Gasteiger partial charge in [0.25, 0.3) is 5.91 Å². The number of halogens is 1. The Hall–Kier alpha value is -1.98. The summed E-state index contributed by atoms with van der Waals surface area (Å²) < 4.78 is 13.6. The second-order valence-corrected chi connectivity index (χ2v) is 5.10.